The van der Waals surface area contributed by atoms with E-state index in [4.69, 9.17) is 6.42 Å². The standard InChI is InChI=1S/C23H21P/c1-2-3-13-20-24(21-14-7-4-8-15-21,22-16-9-5-10-17-22)23-18-11-6-12-19-23/h1,4-12,14-20H,3,13H2. The molecule has 118 valence electrons. The minimum atomic E-state index is -1.80. The molecule has 0 fully saturated rings. The molecule has 0 amide bonds. The SMILES string of the molecule is C#CCCC=P(c1ccccc1)(c1ccccc1)c1ccccc1. The summed E-state index contributed by atoms with van der Waals surface area (Å²) in [6.07, 6.45) is 7.21. The molecule has 0 spiro atoms. The molecule has 0 aromatic heterocycles. The molecule has 0 radical (unpaired) electrons. The molecule has 3 aromatic carbocycles. The number of unbranched alkanes of at least 4 members (excludes halogenated alkanes) is 1. The highest BCUT2D eigenvalue weighted by atomic mass is 31.2. The van der Waals surface area contributed by atoms with E-state index in [9.17, 15) is 0 Å². The molecule has 0 N–H and O–H groups in total. The van der Waals surface area contributed by atoms with Gasteiger partial charge in [0.1, 0.15) is 0 Å². The second-order valence-electron chi connectivity index (χ2n) is 5.65. The summed E-state index contributed by atoms with van der Waals surface area (Å²) in [7, 11) is 0. The Morgan fingerprint density at radius 2 is 1.04 bits per heavy atom. The second-order valence-corrected chi connectivity index (χ2v) is 9.01. The van der Waals surface area contributed by atoms with Crippen molar-refractivity contribution in [2.24, 2.45) is 0 Å². The first-order chi connectivity index (χ1) is 11.9. The highest BCUT2D eigenvalue weighted by Gasteiger charge is 2.23. The maximum atomic E-state index is 5.52. The van der Waals surface area contributed by atoms with Gasteiger partial charge in [-0.05, 0) is 29.2 Å². The van der Waals surface area contributed by atoms with Crippen molar-refractivity contribution >= 4 is 28.6 Å². The summed E-state index contributed by atoms with van der Waals surface area (Å²) < 4.78 is 0. The molecule has 0 nitrogen and oxygen atoms in total. The van der Waals surface area contributed by atoms with Crippen LogP contribution in [-0.4, -0.2) is 5.80 Å². The molecule has 0 saturated carbocycles. The topological polar surface area (TPSA) is 0 Å². The summed E-state index contributed by atoms with van der Waals surface area (Å²) in [6.45, 7) is -1.80. The monoisotopic (exact) mass is 328 g/mol. The van der Waals surface area contributed by atoms with Gasteiger partial charge in [0.25, 0.3) is 0 Å². The van der Waals surface area contributed by atoms with Gasteiger partial charge in [0.2, 0.25) is 0 Å². The first kappa shape index (κ1) is 16.4. The first-order valence-corrected chi connectivity index (χ1v) is 10.1. The molecule has 0 aliphatic carbocycles. The molecule has 3 rings (SSSR count). The molecule has 3 aromatic rings. The summed E-state index contributed by atoms with van der Waals surface area (Å²) >= 11 is 0. The Bertz CT molecular complexity index is 753. The minimum absolute atomic E-state index is 0.772. The van der Waals surface area contributed by atoms with Gasteiger partial charge in [-0.15, -0.1) is 12.3 Å². The van der Waals surface area contributed by atoms with E-state index in [-0.39, 0.29) is 0 Å². The van der Waals surface area contributed by atoms with Crippen LogP contribution in [0.3, 0.4) is 0 Å². The van der Waals surface area contributed by atoms with Gasteiger partial charge in [-0.1, -0.05) is 96.8 Å². The van der Waals surface area contributed by atoms with Crippen LogP contribution in [0.4, 0.5) is 0 Å². The van der Waals surface area contributed by atoms with E-state index in [0.29, 0.717) is 0 Å². The largest absolute Gasteiger partial charge is 0.120 e. The van der Waals surface area contributed by atoms with Gasteiger partial charge in [0, 0.05) is 6.42 Å². The molecule has 24 heavy (non-hydrogen) atoms. The number of benzene rings is 3. The fourth-order valence-corrected chi connectivity index (χ4v) is 7.06. The van der Waals surface area contributed by atoms with Crippen LogP contribution in [0.25, 0.3) is 0 Å². The Morgan fingerprint density at radius 3 is 1.38 bits per heavy atom. The smallest absolute Gasteiger partial charge is 0.0121 e. The lowest BCUT2D eigenvalue weighted by atomic mass is 10.3. The molecule has 0 atom stereocenters. The summed E-state index contributed by atoms with van der Waals surface area (Å²) in [5.41, 5.74) is 0. The Morgan fingerprint density at radius 1 is 0.667 bits per heavy atom. The highest BCUT2D eigenvalue weighted by molar-refractivity contribution is 7.94. The third-order valence-corrected chi connectivity index (χ3v) is 8.33. The molecular weight excluding hydrogens is 307 g/mol. The lowest BCUT2D eigenvalue weighted by molar-refractivity contribution is 1.17. The average Bonchev–Trinajstić information content (AvgIpc) is 2.68. The summed E-state index contributed by atoms with van der Waals surface area (Å²) in [5, 5.41) is 4.12. The van der Waals surface area contributed by atoms with Gasteiger partial charge in [0.15, 0.2) is 0 Å². The van der Waals surface area contributed by atoms with Crippen molar-refractivity contribution in [2.45, 2.75) is 12.8 Å². The van der Waals surface area contributed by atoms with Crippen LogP contribution in [0.2, 0.25) is 0 Å². The van der Waals surface area contributed by atoms with E-state index >= 15 is 0 Å². The fourth-order valence-electron chi connectivity index (χ4n) is 3.09. The van der Waals surface area contributed by atoms with E-state index < -0.39 is 6.89 Å². The molecule has 0 aliphatic rings. The van der Waals surface area contributed by atoms with E-state index in [1.54, 1.807) is 0 Å². The normalized spacial score (nSPS) is 10.8. The lowest BCUT2D eigenvalue weighted by Gasteiger charge is -2.28. The van der Waals surface area contributed by atoms with Gasteiger partial charge in [-0.2, -0.15) is 0 Å². The zero-order chi connectivity index (χ0) is 16.7. The number of hydrogen-bond acceptors (Lipinski definition) is 0. The summed E-state index contributed by atoms with van der Waals surface area (Å²) in [5.74, 6) is 5.26. The van der Waals surface area contributed by atoms with Crippen LogP contribution in [0.1, 0.15) is 12.8 Å². The Labute approximate surface area is 145 Å². The Balaban J connectivity index is 2.33. The van der Waals surface area contributed by atoms with E-state index in [1.165, 1.54) is 15.9 Å². The van der Waals surface area contributed by atoms with Crippen molar-refractivity contribution in [3.05, 3.63) is 91.0 Å². The lowest BCUT2D eigenvalue weighted by Crippen LogP contribution is -2.26. The van der Waals surface area contributed by atoms with Crippen LogP contribution >= 0.6 is 6.89 Å². The summed E-state index contributed by atoms with van der Waals surface area (Å²) in [4.78, 5) is 0. The second kappa shape index (κ2) is 7.87. The van der Waals surface area contributed by atoms with Gasteiger partial charge in [-0.25, -0.2) is 0 Å². The zero-order valence-corrected chi connectivity index (χ0v) is 14.6. The molecule has 0 heterocycles. The van der Waals surface area contributed by atoms with Gasteiger partial charge < -0.3 is 0 Å². The fraction of sp³-hybridized carbons (Fsp3) is 0.0870. The molecule has 0 saturated heterocycles. The van der Waals surface area contributed by atoms with Crippen molar-refractivity contribution in [3.63, 3.8) is 0 Å². The Kier molecular flexibility index (Phi) is 5.37. The van der Waals surface area contributed by atoms with Crippen molar-refractivity contribution < 1.29 is 0 Å². The van der Waals surface area contributed by atoms with Gasteiger partial charge in [-0.3, -0.25) is 0 Å². The van der Waals surface area contributed by atoms with Crippen molar-refractivity contribution in [1.82, 2.24) is 0 Å². The molecule has 0 bridgehead atoms. The molecule has 0 aliphatic heterocycles. The Hall–Kier alpha value is -2.48. The van der Waals surface area contributed by atoms with Crippen molar-refractivity contribution in [1.29, 1.82) is 0 Å². The van der Waals surface area contributed by atoms with E-state index in [0.717, 1.165) is 12.8 Å². The van der Waals surface area contributed by atoms with E-state index in [1.807, 2.05) is 0 Å². The van der Waals surface area contributed by atoms with Crippen molar-refractivity contribution in [2.75, 3.05) is 0 Å². The number of hydrogen-bond donors (Lipinski definition) is 0. The van der Waals surface area contributed by atoms with Crippen LogP contribution in [-0.2, 0) is 0 Å². The maximum absolute atomic E-state index is 5.52. The van der Waals surface area contributed by atoms with E-state index in [2.05, 4.69) is 103 Å². The first-order valence-electron chi connectivity index (χ1n) is 8.21. The minimum Gasteiger partial charge on any atom is -0.120 e. The maximum Gasteiger partial charge on any atom is 0.0121 e. The molecule has 1 heteroatoms. The van der Waals surface area contributed by atoms with Crippen molar-refractivity contribution in [3.8, 4) is 12.3 Å². The quantitative estimate of drug-likeness (QED) is 0.374. The molecular formula is C23H21P. The van der Waals surface area contributed by atoms with Gasteiger partial charge >= 0.3 is 0 Å². The molecule has 0 unspecified atom stereocenters. The number of rotatable bonds is 5. The van der Waals surface area contributed by atoms with Gasteiger partial charge in [0.05, 0.1) is 0 Å². The highest BCUT2D eigenvalue weighted by Crippen LogP contribution is 2.43. The zero-order valence-electron chi connectivity index (χ0n) is 13.7. The van der Waals surface area contributed by atoms with Crippen LogP contribution < -0.4 is 15.9 Å². The summed E-state index contributed by atoms with van der Waals surface area (Å²) in [6, 6.07) is 32.5. The predicted octanol–water partition coefficient (Wildman–Crippen LogP) is 4.20. The third-order valence-electron chi connectivity index (χ3n) is 4.18. The van der Waals surface area contributed by atoms with Crippen LogP contribution in [0.15, 0.2) is 91.0 Å². The number of terminal acetylenes is 1. The van der Waals surface area contributed by atoms with Crippen LogP contribution in [0.5, 0.6) is 0 Å². The predicted molar refractivity (Wildman–Crippen MR) is 109 cm³/mol. The average molecular weight is 328 g/mol. The third kappa shape index (κ3) is 3.23. The van der Waals surface area contributed by atoms with Crippen LogP contribution in [0, 0.1) is 12.3 Å².